The number of pyridine rings is 1. The van der Waals surface area contributed by atoms with E-state index in [0.717, 1.165) is 38.0 Å². The van der Waals surface area contributed by atoms with Gasteiger partial charge >= 0.3 is 6.03 Å². The SMILES string of the molecule is O=C1NCCN1c1cccc(-n2c3nc(Nc4ccc5c(c4)CCNC5)ncc3c(=O)n2C2CC2)n1. The molecule has 3 aliphatic rings. The van der Waals surface area contributed by atoms with Gasteiger partial charge in [0.05, 0.1) is 6.04 Å². The van der Waals surface area contributed by atoms with Gasteiger partial charge in [0.2, 0.25) is 5.95 Å². The molecule has 3 N–H and O–H groups in total. The highest BCUT2D eigenvalue weighted by atomic mass is 16.2. The number of hydrogen-bond donors (Lipinski definition) is 3. The number of urea groups is 1. The van der Waals surface area contributed by atoms with E-state index in [1.165, 1.54) is 11.1 Å². The smallest absolute Gasteiger partial charge is 0.323 e. The molecule has 7 rings (SSSR count). The number of nitrogens with zero attached hydrogens (tertiary/aromatic N) is 6. The Morgan fingerprint density at radius 1 is 1.00 bits per heavy atom. The number of rotatable bonds is 5. The monoisotopic (exact) mass is 483 g/mol. The first-order valence-corrected chi connectivity index (χ1v) is 12.3. The average Bonchev–Trinajstić information content (AvgIpc) is 3.58. The number of benzene rings is 1. The minimum atomic E-state index is -0.175. The summed E-state index contributed by atoms with van der Waals surface area (Å²) in [6.45, 7) is 2.96. The predicted molar refractivity (Wildman–Crippen MR) is 135 cm³/mol. The number of anilines is 3. The van der Waals surface area contributed by atoms with Crippen LogP contribution in [0, 0.1) is 0 Å². The normalized spacial score (nSPS) is 17.3. The average molecular weight is 484 g/mol. The summed E-state index contributed by atoms with van der Waals surface area (Å²) in [5.74, 6) is 1.49. The van der Waals surface area contributed by atoms with Gasteiger partial charge in [0.25, 0.3) is 5.56 Å². The quantitative estimate of drug-likeness (QED) is 0.398. The number of fused-ring (bicyclic) bond motifs is 2. The van der Waals surface area contributed by atoms with Crippen molar-refractivity contribution in [3.63, 3.8) is 0 Å². The molecule has 11 heteroatoms. The van der Waals surface area contributed by atoms with Crippen molar-refractivity contribution in [1.82, 2.24) is 34.9 Å². The summed E-state index contributed by atoms with van der Waals surface area (Å²) in [4.78, 5) is 41.1. The second-order valence-corrected chi connectivity index (χ2v) is 9.40. The van der Waals surface area contributed by atoms with E-state index < -0.39 is 0 Å². The summed E-state index contributed by atoms with van der Waals surface area (Å²) >= 11 is 0. The van der Waals surface area contributed by atoms with Gasteiger partial charge in [-0.3, -0.25) is 9.69 Å². The van der Waals surface area contributed by atoms with Crippen LogP contribution in [-0.4, -0.2) is 50.0 Å². The van der Waals surface area contributed by atoms with Crippen molar-refractivity contribution in [2.24, 2.45) is 0 Å². The number of nitrogens with one attached hydrogen (secondary N) is 3. The Morgan fingerprint density at radius 2 is 1.89 bits per heavy atom. The molecule has 1 saturated carbocycles. The van der Waals surface area contributed by atoms with Crippen LogP contribution >= 0.6 is 0 Å². The van der Waals surface area contributed by atoms with Crippen LogP contribution in [0.5, 0.6) is 0 Å². The Kier molecular flexibility index (Phi) is 4.78. The lowest BCUT2D eigenvalue weighted by atomic mass is 10.0. The van der Waals surface area contributed by atoms with E-state index in [2.05, 4.69) is 33.1 Å². The van der Waals surface area contributed by atoms with Crippen LogP contribution in [-0.2, 0) is 13.0 Å². The maximum atomic E-state index is 13.4. The van der Waals surface area contributed by atoms with E-state index in [4.69, 9.17) is 9.97 Å². The zero-order valence-electron chi connectivity index (χ0n) is 19.6. The minimum absolute atomic E-state index is 0.0953. The molecule has 3 aromatic heterocycles. The van der Waals surface area contributed by atoms with Gasteiger partial charge in [-0.1, -0.05) is 12.1 Å². The van der Waals surface area contributed by atoms with E-state index in [-0.39, 0.29) is 17.6 Å². The van der Waals surface area contributed by atoms with Crippen molar-refractivity contribution in [2.75, 3.05) is 29.9 Å². The summed E-state index contributed by atoms with van der Waals surface area (Å²) in [6.07, 6.45) is 4.41. The highest BCUT2D eigenvalue weighted by Gasteiger charge is 2.31. The third-order valence-electron chi connectivity index (χ3n) is 6.93. The zero-order chi connectivity index (χ0) is 24.2. The first kappa shape index (κ1) is 21.1. The zero-order valence-corrected chi connectivity index (χ0v) is 19.6. The lowest BCUT2D eigenvalue weighted by molar-refractivity contribution is 0.252. The van der Waals surface area contributed by atoms with Crippen LogP contribution < -0.4 is 26.4 Å². The highest BCUT2D eigenvalue weighted by molar-refractivity contribution is 5.93. The molecule has 1 saturated heterocycles. The maximum absolute atomic E-state index is 13.4. The summed E-state index contributed by atoms with van der Waals surface area (Å²) in [5.41, 5.74) is 3.87. The molecule has 1 aromatic carbocycles. The Morgan fingerprint density at radius 3 is 2.72 bits per heavy atom. The van der Waals surface area contributed by atoms with E-state index in [0.29, 0.717) is 41.7 Å². The fraction of sp³-hybridized carbons (Fsp3) is 0.320. The number of aromatic nitrogens is 5. The number of amides is 2. The van der Waals surface area contributed by atoms with Gasteiger partial charge in [-0.25, -0.2) is 24.1 Å². The van der Waals surface area contributed by atoms with Crippen molar-refractivity contribution in [2.45, 2.75) is 31.8 Å². The van der Waals surface area contributed by atoms with Gasteiger partial charge in [0.15, 0.2) is 11.5 Å². The summed E-state index contributed by atoms with van der Waals surface area (Å²) < 4.78 is 3.50. The summed E-state index contributed by atoms with van der Waals surface area (Å²) in [7, 11) is 0. The van der Waals surface area contributed by atoms with Gasteiger partial charge in [-0.05, 0) is 61.2 Å². The molecule has 4 aromatic rings. The van der Waals surface area contributed by atoms with Gasteiger partial charge in [0.1, 0.15) is 11.2 Å². The Labute approximate surface area is 206 Å². The highest BCUT2D eigenvalue weighted by Crippen LogP contribution is 2.35. The van der Waals surface area contributed by atoms with E-state index >= 15 is 0 Å². The molecule has 0 radical (unpaired) electrons. The van der Waals surface area contributed by atoms with Crippen molar-refractivity contribution < 1.29 is 4.79 Å². The van der Waals surface area contributed by atoms with E-state index in [1.54, 1.807) is 26.5 Å². The molecule has 0 spiro atoms. The van der Waals surface area contributed by atoms with Gasteiger partial charge < -0.3 is 16.0 Å². The van der Waals surface area contributed by atoms with Crippen LogP contribution in [0.15, 0.2) is 47.4 Å². The lowest BCUT2D eigenvalue weighted by Crippen LogP contribution is -2.29. The first-order chi connectivity index (χ1) is 17.7. The van der Waals surface area contributed by atoms with Gasteiger partial charge in [-0.2, -0.15) is 4.98 Å². The summed E-state index contributed by atoms with van der Waals surface area (Å²) in [6, 6.07) is 11.7. The number of carbonyl (C=O) groups is 1. The maximum Gasteiger partial charge on any atom is 0.323 e. The van der Waals surface area contributed by atoms with Crippen molar-refractivity contribution >= 4 is 34.5 Å². The van der Waals surface area contributed by atoms with Gasteiger partial charge in [0, 0.05) is 31.5 Å². The predicted octanol–water partition coefficient (Wildman–Crippen LogP) is 2.23. The largest absolute Gasteiger partial charge is 0.336 e. The molecule has 2 aliphatic heterocycles. The molecule has 2 fully saturated rings. The molecule has 11 nitrogen and oxygen atoms in total. The molecule has 5 heterocycles. The van der Waals surface area contributed by atoms with Gasteiger partial charge in [-0.15, -0.1) is 0 Å². The number of carbonyl (C=O) groups excluding carboxylic acids is 1. The third-order valence-corrected chi connectivity index (χ3v) is 6.93. The third kappa shape index (κ3) is 3.51. The fourth-order valence-electron chi connectivity index (χ4n) is 4.98. The topological polar surface area (TPSA) is 122 Å². The molecule has 36 heavy (non-hydrogen) atoms. The van der Waals surface area contributed by atoms with Crippen molar-refractivity contribution in [3.05, 3.63) is 64.1 Å². The molecule has 1 aliphatic carbocycles. The standard InChI is InChI=1S/C25H25N9O2/c35-23-19-14-28-24(29-17-5-4-16-13-26-9-8-15(16)12-17)31-22(19)34(33(23)18-6-7-18)21-3-1-2-20(30-21)32-11-10-27-25(32)36/h1-5,12,14,18,26H,6-11,13H2,(H,27,36)(H,28,29,31). The molecule has 2 amide bonds. The Balaban J connectivity index is 1.32. The second-order valence-electron chi connectivity index (χ2n) is 9.40. The second kappa shape index (κ2) is 8.16. The summed E-state index contributed by atoms with van der Waals surface area (Å²) in [5, 5.41) is 9.94. The van der Waals surface area contributed by atoms with Crippen molar-refractivity contribution in [1.29, 1.82) is 0 Å². The van der Waals surface area contributed by atoms with Crippen molar-refractivity contribution in [3.8, 4) is 5.82 Å². The molecular weight excluding hydrogens is 458 g/mol. The van der Waals surface area contributed by atoms with E-state index in [1.807, 2.05) is 18.2 Å². The van der Waals surface area contributed by atoms with Crippen LogP contribution in [0.1, 0.15) is 30.0 Å². The Hall–Kier alpha value is -4.25. The number of hydrogen-bond acceptors (Lipinski definition) is 7. The van der Waals surface area contributed by atoms with E-state index in [9.17, 15) is 9.59 Å². The molecule has 0 unspecified atom stereocenters. The minimum Gasteiger partial charge on any atom is -0.336 e. The van der Waals surface area contributed by atoms with Crippen LogP contribution in [0.3, 0.4) is 0 Å². The fourth-order valence-corrected chi connectivity index (χ4v) is 4.98. The molecule has 182 valence electrons. The van der Waals surface area contributed by atoms with Crippen LogP contribution in [0.2, 0.25) is 0 Å². The first-order valence-electron chi connectivity index (χ1n) is 12.3. The van der Waals surface area contributed by atoms with Crippen LogP contribution in [0.25, 0.3) is 16.9 Å². The molecule has 0 atom stereocenters. The van der Waals surface area contributed by atoms with Crippen LogP contribution in [0.4, 0.5) is 22.2 Å². The molecular formula is C25H25N9O2. The molecule has 0 bridgehead atoms. The lowest BCUT2D eigenvalue weighted by Gasteiger charge is -2.18. The Bertz CT molecular complexity index is 1570.